The van der Waals surface area contributed by atoms with Crippen molar-refractivity contribution < 1.29 is 43.0 Å². The number of hydrogen-bond donors (Lipinski definition) is 0. The summed E-state index contributed by atoms with van der Waals surface area (Å²) in [4.78, 5) is 0. The van der Waals surface area contributed by atoms with Gasteiger partial charge < -0.3 is 9.11 Å². The van der Waals surface area contributed by atoms with Crippen molar-refractivity contribution in [2.45, 2.75) is 13.8 Å². The predicted octanol–water partition coefficient (Wildman–Crippen LogP) is -0.978. The van der Waals surface area contributed by atoms with Gasteiger partial charge >= 0.3 is 17.1 Å². The molecule has 85 valence electrons. The minimum Gasteiger partial charge on any atom is -0.738 e. The molecule has 0 fully saturated rings. The summed E-state index contributed by atoms with van der Waals surface area (Å²) in [5, 5.41) is 2.90. The van der Waals surface area contributed by atoms with E-state index < -0.39 is 20.2 Å². The fourth-order valence-electron chi connectivity index (χ4n) is 0.250. The van der Waals surface area contributed by atoms with E-state index in [4.69, 9.17) is 0 Å². The first-order chi connectivity index (χ1) is 6.12. The van der Waals surface area contributed by atoms with E-state index in [0.29, 0.717) is 0 Å². The third kappa shape index (κ3) is 31.8. The topological polar surface area (TPSA) is 114 Å². The molecule has 0 rings (SSSR count). The second-order valence-electron chi connectivity index (χ2n) is 1.61. The molecule has 0 N–H and O–H groups in total. The van der Waals surface area contributed by atoms with E-state index in [2.05, 4.69) is 0 Å². The van der Waals surface area contributed by atoms with Crippen molar-refractivity contribution in [2.75, 3.05) is 0 Å². The average Bonchev–Trinajstić information content (AvgIpc) is 1.81. The number of hydrogen-bond acceptors (Lipinski definition) is 6. The third-order valence-electron chi connectivity index (χ3n) is 0.454. The van der Waals surface area contributed by atoms with Crippen molar-refractivity contribution >= 4 is 20.2 Å². The van der Waals surface area contributed by atoms with Crippen LogP contribution in [0.15, 0.2) is 0 Å². The molecule has 1 radical (unpaired) electrons. The van der Waals surface area contributed by atoms with Gasteiger partial charge in [0.25, 0.3) is 0 Å². The average molecular weight is 293 g/mol. The fraction of sp³-hybridized carbons (Fsp3) is 0.333. The van der Waals surface area contributed by atoms with E-state index in [9.17, 15) is 25.9 Å². The van der Waals surface area contributed by atoms with Crippen LogP contribution in [-0.2, 0) is 37.3 Å². The van der Waals surface area contributed by atoms with E-state index in [-0.39, 0.29) is 17.1 Å². The van der Waals surface area contributed by atoms with Gasteiger partial charge in [0.2, 0.25) is 0 Å². The van der Waals surface area contributed by atoms with E-state index in [1.54, 1.807) is 0 Å². The predicted molar refractivity (Wildman–Crippen MR) is 46.3 cm³/mol. The van der Waals surface area contributed by atoms with Gasteiger partial charge in [-0.15, -0.1) is 0 Å². The van der Waals surface area contributed by atoms with E-state index in [0.717, 1.165) is 0 Å². The molecular formula is C6H6MnO6S2. The molecule has 0 heterocycles. The zero-order valence-corrected chi connectivity index (χ0v) is 10.5. The Morgan fingerprint density at radius 3 is 1.00 bits per heavy atom. The summed E-state index contributed by atoms with van der Waals surface area (Å²) in [5.74, 6) is 3.91. The van der Waals surface area contributed by atoms with Crippen LogP contribution in [0, 0.1) is 22.3 Å². The SMILES string of the molecule is CC#CS(=O)(=O)[O-].CC#CS(=O)(=O)[O-].[Mn+2]. The minimum atomic E-state index is -4.29. The maximum Gasteiger partial charge on any atom is 2.00 e. The van der Waals surface area contributed by atoms with Crippen molar-refractivity contribution in [3.63, 3.8) is 0 Å². The first-order valence-electron chi connectivity index (χ1n) is 2.91. The van der Waals surface area contributed by atoms with Gasteiger partial charge in [-0.3, -0.25) is 0 Å². The molecule has 15 heavy (non-hydrogen) atoms. The zero-order chi connectivity index (χ0) is 11.8. The summed E-state index contributed by atoms with van der Waals surface area (Å²) < 4.78 is 57.0. The van der Waals surface area contributed by atoms with Crippen molar-refractivity contribution in [3.05, 3.63) is 0 Å². The van der Waals surface area contributed by atoms with E-state index >= 15 is 0 Å². The number of rotatable bonds is 0. The molecule has 0 amide bonds. The van der Waals surface area contributed by atoms with Gasteiger partial charge in [0.1, 0.15) is 0 Å². The van der Waals surface area contributed by atoms with Crippen molar-refractivity contribution in [1.82, 2.24) is 0 Å². The van der Waals surface area contributed by atoms with Crippen LogP contribution in [0.2, 0.25) is 0 Å². The van der Waals surface area contributed by atoms with Gasteiger partial charge in [-0.2, -0.15) is 0 Å². The van der Waals surface area contributed by atoms with Gasteiger partial charge in [0, 0.05) is 10.5 Å². The molecule has 0 saturated heterocycles. The Bertz CT molecular complexity index is 433. The van der Waals surface area contributed by atoms with Crippen LogP contribution in [0.3, 0.4) is 0 Å². The van der Waals surface area contributed by atoms with Gasteiger partial charge in [-0.05, 0) is 13.8 Å². The van der Waals surface area contributed by atoms with Crippen molar-refractivity contribution in [3.8, 4) is 22.3 Å². The Balaban J connectivity index is -0.000000180. The largest absolute Gasteiger partial charge is 2.00 e. The summed E-state index contributed by atoms with van der Waals surface area (Å²) in [7, 11) is -8.57. The molecule has 0 aliphatic rings. The maximum atomic E-state index is 9.50. The molecule has 0 bridgehead atoms. The molecule has 0 aromatic carbocycles. The van der Waals surface area contributed by atoms with E-state index in [1.807, 2.05) is 11.8 Å². The smallest absolute Gasteiger partial charge is 0.738 e. The van der Waals surface area contributed by atoms with E-state index in [1.165, 1.54) is 24.4 Å². The molecular weight excluding hydrogens is 287 g/mol. The van der Waals surface area contributed by atoms with Crippen LogP contribution in [-0.4, -0.2) is 25.9 Å². The summed E-state index contributed by atoms with van der Waals surface area (Å²) >= 11 is 0. The van der Waals surface area contributed by atoms with Crippen LogP contribution in [0.1, 0.15) is 13.8 Å². The molecule has 0 aliphatic heterocycles. The molecule has 0 unspecified atom stereocenters. The normalized spacial score (nSPS) is 8.80. The Morgan fingerprint density at radius 2 is 1.00 bits per heavy atom. The molecule has 0 aromatic heterocycles. The Hall–Kier alpha value is -0.541. The molecule has 0 aromatic rings. The molecule has 0 saturated carbocycles. The second-order valence-corrected chi connectivity index (χ2v) is 3.84. The van der Waals surface area contributed by atoms with Gasteiger partial charge in [0.05, 0.1) is 0 Å². The Kier molecular flexibility index (Phi) is 11.6. The third-order valence-corrected chi connectivity index (χ3v) is 1.36. The van der Waals surface area contributed by atoms with Gasteiger partial charge in [0.15, 0.2) is 20.2 Å². The van der Waals surface area contributed by atoms with Gasteiger partial charge in [-0.25, -0.2) is 16.8 Å². The quantitative estimate of drug-likeness (QED) is 0.322. The van der Waals surface area contributed by atoms with Crippen LogP contribution >= 0.6 is 0 Å². The molecule has 0 spiro atoms. The van der Waals surface area contributed by atoms with Crippen LogP contribution in [0.25, 0.3) is 0 Å². The molecule has 9 heteroatoms. The van der Waals surface area contributed by atoms with Crippen LogP contribution in [0.5, 0.6) is 0 Å². The Morgan fingerprint density at radius 1 is 0.800 bits per heavy atom. The zero-order valence-electron chi connectivity index (χ0n) is 7.64. The molecule has 0 aliphatic carbocycles. The standard InChI is InChI=1S/2C3H4O3S.Mn/c2*1-2-3-7(4,5)6;/h2*1H3,(H,4,5,6);/q;;+2/p-2. The fourth-order valence-corrected chi connectivity index (χ4v) is 0.750. The minimum absolute atomic E-state index is 0. The van der Waals surface area contributed by atoms with Crippen molar-refractivity contribution in [1.29, 1.82) is 0 Å². The van der Waals surface area contributed by atoms with Crippen molar-refractivity contribution in [2.24, 2.45) is 0 Å². The Labute approximate surface area is 99.4 Å². The van der Waals surface area contributed by atoms with Crippen LogP contribution < -0.4 is 0 Å². The summed E-state index contributed by atoms with van der Waals surface area (Å²) in [5.41, 5.74) is 0. The first kappa shape index (κ1) is 19.9. The van der Waals surface area contributed by atoms with Gasteiger partial charge in [-0.1, -0.05) is 11.8 Å². The summed E-state index contributed by atoms with van der Waals surface area (Å²) in [6.45, 7) is 2.57. The monoisotopic (exact) mass is 293 g/mol. The second kappa shape index (κ2) is 8.74. The first-order valence-corrected chi connectivity index (χ1v) is 5.72. The maximum absolute atomic E-state index is 9.50. The van der Waals surface area contributed by atoms with Crippen LogP contribution in [0.4, 0.5) is 0 Å². The molecule has 6 nitrogen and oxygen atoms in total. The summed E-state index contributed by atoms with van der Waals surface area (Å²) in [6.07, 6.45) is 0. The summed E-state index contributed by atoms with van der Waals surface area (Å²) in [6, 6.07) is 0. The molecule has 0 atom stereocenters.